The second kappa shape index (κ2) is 14.4. The molecule has 2 aromatic carbocycles. The Hall–Kier alpha value is -2.74. The van der Waals surface area contributed by atoms with Crippen molar-refractivity contribution >= 4 is 11.6 Å². The number of hydrogen-bond donors (Lipinski definition) is 0. The summed E-state index contributed by atoms with van der Waals surface area (Å²) in [5.74, 6) is 1.42. The minimum Gasteiger partial charge on any atom is -0.289 e. The highest BCUT2D eigenvalue weighted by Gasteiger charge is 2.29. The molecule has 1 aliphatic carbocycles. The van der Waals surface area contributed by atoms with Crippen molar-refractivity contribution in [3.63, 3.8) is 0 Å². The number of allylic oxidation sites excluding steroid dienone is 4. The maximum atomic E-state index is 13.4. The van der Waals surface area contributed by atoms with Gasteiger partial charge in [-0.05, 0) is 107 Å². The Bertz CT molecular complexity index is 1170. The van der Waals surface area contributed by atoms with Gasteiger partial charge < -0.3 is 0 Å². The van der Waals surface area contributed by atoms with Crippen LogP contribution in [0.4, 0.5) is 0 Å². The summed E-state index contributed by atoms with van der Waals surface area (Å²) >= 11 is 0. The number of hydrogen-bond acceptors (Lipinski definition) is 2. The van der Waals surface area contributed by atoms with Gasteiger partial charge in [-0.25, -0.2) is 0 Å². The number of fused-ring (bicyclic) bond motifs is 2. The van der Waals surface area contributed by atoms with Crippen molar-refractivity contribution in [3.05, 3.63) is 93.1 Å². The number of ketones is 2. The Morgan fingerprint density at radius 2 is 1.29 bits per heavy atom. The molecule has 0 saturated carbocycles. The summed E-state index contributed by atoms with van der Waals surface area (Å²) < 4.78 is 0. The van der Waals surface area contributed by atoms with E-state index in [-0.39, 0.29) is 11.6 Å². The molecular weight excluding hydrogens is 464 g/mol. The van der Waals surface area contributed by atoms with Crippen LogP contribution in [0.1, 0.15) is 136 Å². The minimum atomic E-state index is -0.0173. The van der Waals surface area contributed by atoms with Gasteiger partial charge in [-0.3, -0.25) is 9.59 Å². The molecule has 204 valence electrons. The van der Waals surface area contributed by atoms with Gasteiger partial charge in [0.1, 0.15) is 0 Å². The van der Waals surface area contributed by atoms with E-state index < -0.39 is 0 Å². The van der Waals surface area contributed by atoms with E-state index in [1.807, 2.05) is 36.4 Å². The molecule has 0 spiro atoms. The van der Waals surface area contributed by atoms with Crippen molar-refractivity contribution in [1.82, 2.24) is 0 Å². The molecule has 1 aliphatic rings. The summed E-state index contributed by atoms with van der Waals surface area (Å²) in [6, 6.07) is 11.7. The van der Waals surface area contributed by atoms with Crippen LogP contribution in [0.15, 0.2) is 59.7 Å². The topological polar surface area (TPSA) is 34.1 Å². The molecule has 0 N–H and O–H groups in total. The first-order valence-corrected chi connectivity index (χ1v) is 14.8. The molecule has 2 aromatic rings. The monoisotopic (exact) mass is 512 g/mol. The summed E-state index contributed by atoms with van der Waals surface area (Å²) in [4.78, 5) is 26.7. The van der Waals surface area contributed by atoms with Crippen LogP contribution in [0.3, 0.4) is 0 Å². The van der Waals surface area contributed by atoms with E-state index in [2.05, 4.69) is 53.7 Å². The molecule has 0 saturated heterocycles. The maximum Gasteiger partial charge on any atom is 0.194 e. The molecule has 0 amide bonds. The van der Waals surface area contributed by atoms with Gasteiger partial charge in [-0.15, -0.1) is 0 Å². The zero-order chi connectivity index (χ0) is 27.7. The van der Waals surface area contributed by atoms with Crippen molar-refractivity contribution in [2.45, 2.75) is 106 Å². The van der Waals surface area contributed by atoms with Gasteiger partial charge in [-0.2, -0.15) is 0 Å². The minimum absolute atomic E-state index is 0.0148. The number of carbonyl (C=O) groups is 2. The number of rotatable bonds is 14. The average Bonchev–Trinajstić information content (AvgIpc) is 2.86. The highest BCUT2D eigenvalue weighted by atomic mass is 16.1. The van der Waals surface area contributed by atoms with Crippen LogP contribution in [0, 0.1) is 11.8 Å². The highest BCUT2D eigenvalue weighted by Crippen LogP contribution is 2.30. The van der Waals surface area contributed by atoms with Crippen molar-refractivity contribution in [2.24, 2.45) is 11.8 Å². The third-order valence-corrected chi connectivity index (χ3v) is 7.80. The van der Waals surface area contributed by atoms with Crippen LogP contribution in [-0.2, 0) is 12.8 Å². The van der Waals surface area contributed by atoms with Crippen molar-refractivity contribution in [2.75, 3.05) is 0 Å². The van der Waals surface area contributed by atoms with Gasteiger partial charge in [0.15, 0.2) is 11.6 Å². The van der Waals surface area contributed by atoms with Crippen LogP contribution in [0.5, 0.6) is 0 Å². The lowest BCUT2D eigenvalue weighted by Gasteiger charge is -2.19. The first-order valence-electron chi connectivity index (χ1n) is 14.8. The second-order valence-electron chi connectivity index (χ2n) is 12.1. The molecule has 2 heteroatoms. The van der Waals surface area contributed by atoms with E-state index in [1.54, 1.807) is 0 Å². The quantitative estimate of drug-likeness (QED) is 0.201. The molecule has 0 heterocycles. The van der Waals surface area contributed by atoms with Crippen LogP contribution in [0.2, 0.25) is 0 Å². The molecule has 0 radical (unpaired) electrons. The Labute approximate surface area is 231 Å². The Balaban J connectivity index is 1.59. The van der Waals surface area contributed by atoms with Gasteiger partial charge in [-0.1, -0.05) is 81.2 Å². The Morgan fingerprint density at radius 3 is 1.87 bits per heavy atom. The van der Waals surface area contributed by atoms with Gasteiger partial charge in [0, 0.05) is 22.3 Å². The fourth-order valence-electron chi connectivity index (χ4n) is 5.39. The molecule has 2 nitrogen and oxygen atoms in total. The summed E-state index contributed by atoms with van der Waals surface area (Å²) in [5, 5.41) is 0. The molecule has 3 rings (SSSR count). The maximum absolute atomic E-state index is 13.4. The van der Waals surface area contributed by atoms with Crippen LogP contribution in [-0.4, -0.2) is 11.6 Å². The molecule has 38 heavy (non-hydrogen) atoms. The lowest BCUT2D eigenvalue weighted by molar-refractivity contribution is 0.0979. The van der Waals surface area contributed by atoms with Gasteiger partial charge in [0.25, 0.3) is 0 Å². The predicted octanol–water partition coefficient (Wildman–Crippen LogP) is 9.87. The fourth-order valence-corrected chi connectivity index (χ4v) is 5.39. The summed E-state index contributed by atoms with van der Waals surface area (Å²) in [6.45, 7) is 13.4. The Morgan fingerprint density at radius 1 is 0.684 bits per heavy atom. The largest absolute Gasteiger partial charge is 0.289 e. The van der Waals surface area contributed by atoms with E-state index in [1.165, 1.54) is 36.8 Å². The van der Waals surface area contributed by atoms with Crippen molar-refractivity contribution in [3.8, 4) is 0 Å². The van der Waals surface area contributed by atoms with Crippen LogP contribution in [0.25, 0.3) is 0 Å². The third kappa shape index (κ3) is 8.65. The second-order valence-corrected chi connectivity index (χ2v) is 12.1. The zero-order valence-corrected chi connectivity index (χ0v) is 24.7. The zero-order valence-electron chi connectivity index (χ0n) is 24.7. The van der Waals surface area contributed by atoms with E-state index in [9.17, 15) is 9.59 Å². The number of carbonyl (C=O) groups excluding carboxylic acids is 2. The van der Waals surface area contributed by atoms with E-state index in [0.29, 0.717) is 28.2 Å². The van der Waals surface area contributed by atoms with Crippen molar-refractivity contribution in [1.29, 1.82) is 0 Å². The van der Waals surface area contributed by atoms with Crippen LogP contribution < -0.4 is 0 Å². The average molecular weight is 513 g/mol. The summed E-state index contributed by atoms with van der Waals surface area (Å²) in [7, 11) is 0. The first kappa shape index (κ1) is 29.8. The molecular formula is C36H48O2. The first-order chi connectivity index (χ1) is 18.2. The molecule has 1 atom stereocenters. The molecule has 0 fully saturated rings. The highest BCUT2D eigenvalue weighted by molar-refractivity contribution is 6.28. The molecule has 0 aliphatic heterocycles. The van der Waals surface area contributed by atoms with E-state index >= 15 is 0 Å². The summed E-state index contributed by atoms with van der Waals surface area (Å²) in [5.41, 5.74) is 7.35. The molecule has 1 unspecified atom stereocenters. The smallest absolute Gasteiger partial charge is 0.194 e. The standard InChI is InChI=1S/C36H48O2/c1-25(2)11-7-13-27(5)15-9-17-29-19-21-31-33(23-29)35(37)32-22-20-30(24-34(32)36(31)38)18-10-16-28(6)14-8-12-26(3)4/h11,16,19-24,26-27H,7-10,12-15,17-18H2,1-6H3. The van der Waals surface area contributed by atoms with E-state index in [0.717, 1.165) is 55.6 Å². The van der Waals surface area contributed by atoms with Gasteiger partial charge in [0.05, 0.1) is 0 Å². The SMILES string of the molecule is CC(C)=CCCC(C)CCCc1ccc2c(c1)C(=O)c1ccc(CCC=C(C)CCCC(C)C)cc1C2=O. The van der Waals surface area contributed by atoms with Crippen LogP contribution >= 0.6 is 0 Å². The lowest BCUT2D eigenvalue weighted by atomic mass is 9.82. The third-order valence-electron chi connectivity index (χ3n) is 7.80. The normalized spacial score (nSPS) is 13.9. The van der Waals surface area contributed by atoms with E-state index in [4.69, 9.17) is 0 Å². The molecule has 0 bridgehead atoms. The summed E-state index contributed by atoms with van der Waals surface area (Å²) in [6.07, 6.45) is 15.7. The van der Waals surface area contributed by atoms with Gasteiger partial charge >= 0.3 is 0 Å². The molecule has 0 aromatic heterocycles. The number of benzene rings is 2. The Kier molecular flexibility index (Phi) is 11.3. The lowest BCUT2D eigenvalue weighted by Crippen LogP contribution is -2.21. The van der Waals surface area contributed by atoms with Crippen molar-refractivity contribution < 1.29 is 9.59 Å². The number of aryl methyl sites for hydroxylation is 2. The van der Waals surface area contributed by atoms with Gasteiger partial charge in [0.2, 0.25) is 0 Å². The predicted molar refractivity (Wildman–Crippen MR) is 161 cm³/mol. The fraction of sp³-hybridized carbons (Fsp3) is 0.500.